The standard InChI is InChI=1S/C22H41N7O3/c1-29-13-4-6-15(14-29)20-25-19(32-28-20)10-9-18(30)23-11-5-12-24-21-16-7-2-3-8-17(16)22(31)27-26-21/h15-17,19-21,24-26,28H,2-14H2,1H3,(H,23,30)(H,27,31). The number of carbonyl (C=O) groups excluding carboxylic acids is 2. The zero-order chi connectivity index (χ0) is 22.3. The summed E-state index contributed by atoms with van der Waals surface area (Å²) in [5, 5.41) is 10.0. The van der Waals surface area contributed by atoms with Crippen LogP contribution in [0.4, 0.5) is 0 Å². The van der Waals surface area contributed by atoms with Gasteiger partial charge in [0, 0.05) is 37.3 Å². The summed E-state index contributed by atoms with van der Waals surface area (Å²) in [5.74, 6) is 1.22. The van der Waals surface area contributed by atoms with Gasteiger partial charge in [0.25, 0.3) is 0 Å². The van der Waals surface area contributed by atoms with Crippen LogP contribution in [0.25, 0.3) is 0 Å². The van der Waals surface area contributed by atoms with Gasteiger partial charge in [-0.2, -0.15) is 5.48 Å². The molecule has 4 aliphatic rings. The van der Waals surface area contributed by atoms with Crippen LogP contribution >= 0.6 is 0 Å². The molecule has 0 radical (unpaired) electrons. The highest BCUT2D eigenvalue weighted by Crippen LogP contribution is 2.33. The fraction of sp³-hybridized carbons (Fsp3) is 0.909. The summed E-state index contributed by atoms with van der Waals surface area (Å²) in [5.41, 5.74) is 9.06. The molecule has 0 spiro atoms. The van der Waals surface area contributed by atoms with Crippen LogP contribution < -0.4 is 32.3 Å². The first kappa shape index (κ1) is 23.8. The van der Waals surface area contributed by atoms with Gasteiger partial charge in [-0.3, -0.25) is 25.2 Å². The Morgan fingerprint density at radius 3 is 2.94 bits per heavy atom. The van der Waals surface area contributed by atoms with Gasteiger partial charge >= 0.3 is 0 Å². The van der Waals surface area contributed by atoms with Crippen LogP contribution in [-0.2, 0) is 14.4 Å². The van der Waals surface area contributed by atoms with Gasteiger partial charge in [-0.1, -0.05) is 12.8 Å². The highest BCUT2D eigenvalue weighted by molar-refractivity contribution is 5.79. The molecule has 3 saturated heterocycles. The number of rotatable bonds is 9. The second-order valence-electron chi connectivity index (χ2n) is 9.90. The molecule has 3 heterocycles. The summed E-state index contributed by atoms with van der Waals surface area (Å²) in [6.07, 6.45) is 8.95. The minimum atomic E-state index is -0.115. The number of hydrogen-bond donors (Lipinski definition) is 6. The number of hydrogen-bond acceptors (Lipinski definition) is 8. The van der Waals surface area contributed by atoms with E-state index in [1.54, 1.807) is 0 Å². The molecular formula is C22H41N7O3. The van der Waals surface area contributed by atoms with Gasteiger partial charge in [-0.25, -0.2) is 5.43 Å². The number of nitrogens with zero attached hydrogens (tertiary/aromatic N) is 1. The molecule has 10 heteroatoms. The van der Waals surface area contributed by atoms with Crippen LogP contribution in [0.2, 0.25) is 0 Å². The Morgan fingerprint density at radius 2 is 2.06 bits per heavy atom. The van der Waals surface area contributed by atoms with Crippen LogP contribution in [0.5, 0.6) is 0 Å². The number of likely N-dealkylation sites (tertiary alicyclic amines) is 1. The molecule has 6 N–H and O–H groups in total. The summed E-state index contributed by atoms with van der Waals surface area (Å²) in [6.45, 7) is 3.68. The molecule has 1 saturated carbocycles. The molecule has 182 valence electrons. The lowest BCUT2D eigenvalue weighted by molar-refractivity contribution is -0.134. The summed E-state index contributed by atoms with van der Waals surface area (Å²) in [6, 6.07) is 0. The average Bonchev–Trinajstić information content (AvgIpc) is 3.28. The van der Waals surface area contributed by atoms with E-state index in [0.717, 1.165) is 45.3 Å². The van der Waals surface area contributed by atoms with Crippen LogP contribution in [0.1, 0.15) is 57.8 Å². The highest BCUT2D eigenvalue weighted by Gasteiger charge is 2.39. The maximum Gasteiger partial charge on any atom is 0.237 e. The maximum absolute atomic E-state index is 12.2. The normalized spacial score (nSPS) is 35.8. The van der Waals surface area contributed by atoms with Crippen molar-refractivity contribution in [2.45, 2.75) is 76.3 Å². The van der Waals surface area contributed by atoms with Crippen molar-refractivity contribution in [3.63, 3.8) is 0 Å². The minimum Gasteiger partial charge on any atom is -0.356 e. The Bertz CT molecular complexity index is 637. The smallest absolute Gasteiger partial charge is 0.237 e. The molecule has 6 unspecified atom stereocenters. The first-order chi connectivity index (χ1) is 15.6. The molecule has 0 aromatic carbocycles. The Labute approximate surface area is 191 Å². The molecule has 32 heavy (non-hydrogen) atoms. The Morgan fingerprint density at radius 1 is 1.19 bits per heavy atom. The second-order valence-corrected chi connectivity index (χ2v) is 9.90. The van der Waals surface area contributed by atoms with Gasteiger partial charge < -0.3 is 15.5 Å². The van der Waals surface area contributed by atoms with Crippen molar-refractivity contribution >= 4 is 11.8 Å². The van der Waals surface area contributed by atoms with Gasteiger partial charge in [-0.15, -0.1) is 0 Å². The van der Waals surface area contributed by atoms with Gasteiger partial charge in [0.2, 0.25) is 11.8 Å². The predicted octanol–water partition coefficient (Wildman–Crippen LogP) is -0.252. The van der Waals surface area contributed by atoms with Crippen molar-refractivity contribution in [2.75, 3.05) is 33.2 Å². The Kier molecular flexibility index (Phi) is 8.73. The van der Waals surface area contributed by atoms with Crippen molar-refractivity contribution in [1.82, 2.24) is 37.2 Å². The van der Waals surface area contributed by atoms with Gasteiger partial charge in [0.05, 0.1) is 12.3 Å². The molecule has 0 aromatic rings. The van der Waals surface area contributed by atoms with Crippen molar-refractivity contribution in [3.8, 4) is 0 Å². The van der Waals surface area contributed by atoms with E-state index >= 15 is 0 Å². The third-order valence-electron chi connectivity index (χ3n) is 7.44. The molecule has 0 bridgehead atoms. The lowest BCUT2D eigenvalue weighted by Crippen LogP contribution is -2.64. The third-order valence-corrected chi connectivity index (χ3v) is 7.44. The summed E-state index contributed by atoms with van der Waals surface area (Å²) < 4.78 is 0. The number of nitrogens with one attached hydrogen (secondary N) is 6. The number of carbonyl (C=O) groups is 2. The molecule has 4 fully saturated rings. The number of piperidine rings is 1. The average molecular weight is 452 g/mol. The number of fused-ring (bicyclic) bond motifs is 1. The van der Waals surface area contributed by atoms with E-state index in [1.807, 2.05) is 0 Å². The topological polar surface area (TPSA) is 119 Å². The maximum atomic E-state index is 12.2. The van der Waals surface area contributed by atoms with Crippen LogP contribution in [-0.4, -0.2) is 68.5 Å². The fourth-order valence-corrected chi connectivity index (χ4v) is 5.64. The second kappa shape index (κ2) is 11.7. The van der Waals surface area contributed by atoms with Crippen molar-refractivity contribution in [1.29, 1.82) is 0 Å². The zero-order valence-corrected chi connectivity index (χ0v) is 19.3. The first-order valence-corrected chi connectivity index (χ1v) is 12.5. The van der Waals surface area contributed by atoms with E-state index < -0.39 is 0 Å². The van der Waals surface area contributed by atoms with Crippen LogP contribution in [0.15, 0.2) is 0 Å². The van der Waals surface area contributed by atoms with Crippen LogP contribution in [0, 0.1) is 17.8 Å². The molecule has 6 atom stereocenters. The molecule has 1 aliphatic carbocycles. The van der Waals surface area contributed by atoms with Gasteiger partial charge in [0.15, 0.2) is 0 Å². The SMILES string of the molecule is CN1CCCC(C2NOC(CCC(=O)NCCCNC3NNC(=O)C4CCCCC34)N2)C1. The molecule has 10 nitrogen and oxygen atoms in total. The van der Waals surface area contributed by atoms with Crippen LogP contribution in [0.3, 0.4) is 0 Å². The molecule has 2 amide bonds. The monoisotopic (exact) mass is 451 g/mol. The lowest BCUT2D eigenvalue weighted by Gasteiger charge is -2.41. The van der Waals surface area contributed by atoms with E-state index in [2.05, 4.69) is 44.2 Å². The summed E-state index contributed by atoms with van der Waals surface area (Å²) in [7, 11) is 2.16. The number of hydroxylamine groups is 1. The van der Waals surface area contributed by atoms with E-state index in [-0.39, 0.29) is 36.3 Å². The molecule has 4 rings (SSSR count). The van der Waals surface area contributed by atoms with Crippen molar-refractivity contribution in [3.05, 3.63) is 0 Å². The summed E-state index contributed by atoms with van der Waals surface area (Å²) >= 11 is 0. The van der Waals surface area contributed by atoms with Crippen molar-refractivity contribution in [2.24, 2.45) is 17.8 Å². The van der Waals surface area contributed by atoms with E-state index in [0.29, 0.717) is 31.2 Å². The largest absolute Gasteiger partial charge is 0.356 e. The minimum absolute atomic E-state index is 0.0617. The van der Waals surface area contributed by atoms with E-state index in [1.165, 1.54) is 19.3 Å². The lowest BCUT2D eigenvalue weighted by atomic mass is 9.76. The number of amides is 2. The summed E-state index contributed by atoms with van der Waals surface area (Å²) in [4.78, 5) is 32.3. The van der Waals surface area contributed by atoms with E-state index in [4.69, 9.17) is 4.84 Å². The van der Waals surface area contributed by atoms with Crippen molar-refractivity contribution < 1.29 is 14.4 Å². The third kappa shape index (κ3) is 6.39. The Hall–Kier alpha value is -1.30. The van der Waals surface area contributed by atoms with Gasteiger partial charge in [0.1, 0.15) is 6.23 Å². The predicted molar refractivity (Wildman–Crippen MR) is 121 cm³/mol. The molecular weight excluding hydrogens is 410 g/mol. The van der Waals surface area contributed by atoms with Gasteiger partial charge in [-0.05, 0) is 58.7 Å². The fourth-order valence-electron chi connectivity index (χ4n) is 5.64. The molecule has 3 aliphatic heterocycles. The first-order valence-electron chi connectivity index (χ1n) is 12.5. The number of hydrazine groups is 1. The quantitative estimate of drug-likeness (QED) is 0.266. The highest BCUT2D eigenvalue weighted by atomic mass is 16.7. The zero-order valence-electron chi connectivity index (χ0n) is 19.3. The Balaban J connectivity index is 1.05. The van der Waals surface area contributed by atoms with E-state index in [9.17, 15) is 9.59 Å². The molecule has 0 aromatic heterocycles.